The van der Waals surface area contributed by atoms with Crippen LogP contribution in [0.15, 0.2) is 0 Å². The summed E-state index contributed by atoms with van der Waals surface area (Å²) >= 11 is 5.68. The number of amides is 1. The first kappa shape index (κ1) is 16.5. The second-order valence-electron chi connectivity index (χ2n) is 4.44. The van der Waals surface area contributed by atoms with Gasteiger partial charge < -0.3 is 14.4 Å². The molecule has 0 aliphatic carbocycles. The Hall–Kier alpha value is -0.530. The molecule has 8 heteroatoms. The van der Waals surface area contributed by atoms with E-state index in [0.717, 1.165) is 0 Å². The average molecular weight is 304 g/mol. The molecule has 0 aromatic carbocycles. The molecule has 1 aliphatic heterocycles. The lowest BCUT2D eigenvalue weighted by molar-refractivity contribution is -0.175. The average Bonchev–Trinajstić information content (AvgIpc) is 2.32. The Balaban J connectivity index is 2.28. The van der Waals surface area contributed by atoms with Gasteiger partial charge in [0, 0.05) is 13.1 Å². The van der Waals surface area contributed by atoms with Crippen LogP contribution >= 0.6 is 11.6 Å². The lowest BCUT2D eigenvalue weighted by Crippen LogP contribution is -2.50. The van der Waals surface area contributed by atoms with E-state index in [4.69, 9.17) is 16.3 Å². The van der Waals surface area contributed by atoms with E-state index >= 15 is 0 Å². The summed E-state index contributed by atoms with van der Waals surface area (Å²) in [7, 11) is 0. The summed E-state index contributed by atoms with van der Waals surface area (Å²) < 4.78 is 45.4. The molecule has 0 N–H and O–H groups in total. The van der Waals surface area contributed by atoms with Crippen molar-refractivity contribution in [3.63, 3.8) is 0 Å². The second-order valence-corrected chi connectivity index (χ2v) is 4.75. The number of rotatable bonds is 5. The zero-order valence-corrected chi connectivity index (χ0v) is 11.3. The van der Waals surface area contributed by atoms with Crippen molar-refractivity contribution in [3.8, 4) is 0 Å². The van der Waals surface area contributed by atoms with Crippen LogP contribution in [0.5, 0.6) is 0 Å². The molecule has 1 heterocycles. The van der Waals surface area contributed by atoms with Crippen molar-refractivity contribution < 1.29 is 27.4 Å². The van der Waals surface area contributed by atoms with Gasteiger partial charge in [-0.1, -0.05) is 0 Å². The van der Waals surface area contributed by atoms with Crippen molar-refractivity contribution in [1.29, 1.82) is 0 Å². The summed E-state index contributed by atoms with van der Waals surface area (Å²) in [4.78, 5) is 13.3. The first-order valence-corrected chi connectivity index (χ1v) is 6.49. The Kier molecular flexibility index (Phi) is 6.35. The van der Waals surface area contributed by atoms with E-state index in [1.165, 1.54) is 0 Å². The zero-order valence-electron chi connectivity index (χ0n) is 10.6. The largest absolute Gasteiger partial charge is 0.411 e. The first-order chi connectivity index (χ1) is 8.81. The number of halogens is 4. The number of nitrogens with zero attached hydrogens (tertiary/aromatic N) is 1. The van der Waals surface area contributed by atoms with Crippen molar-refractivity contribution in [1.82, 2.24) is 4.90 Å². The maximum atomic E-state index is 11.8. The van der Waals surface area contributed by atoms with Gasteiger partial charge in [0.25, 0.3) is 0 Å². The topological polar surface area (TPSA) is 38.8 Å². The molecule has 1 fully saturated rings. The fourth-order valence-corrected chi connectivity index (χ4v) is 2.01. The SMILES string of the molecule is CC1CN(C(=O)CCOCC(F)(F)F)CC(CCl)O1. The van der Waals surface area contributed by atoms with Crippen LogP contribution in [0.4, 0.5) is 13.2 Å². The predicted octanol–water partition coefficient (Wildman–Crippen LogP) is 1.81. The van der Waals surface area contributed by atoms with Gasteiger partial charge in [0.15, 0.2) is 0 Å². The standard InChI is InChI=1S/C11H17ClF3NO3/c1-8-5-16(6-9(4-12)19-8)10(17)2-3-18-7-11(13,14)15/h8-9H,2-7H2,1H3. The van der Waals surface area contributed by atoms with Crippen LogP contribution in [0.25, 0.3) is 0 Å². The van der Waals surface area contributed by atoms with Gasteiger partial charge in [-0.05, 0) is 6.92 Å². The number of ether oxygens (including phenoxy) is 2. The highest BCUT2D eigenvalue weighted by Gasteiger charge is 2.29. The van der Waals surface area contributed by atoms with Crippen molar-refractivity contribution in [2.75, 3.05) is 32.2 Å². The van der Waals surface area contributed by atoms with E-state index in [1.807, 2.05) is 6.92 Å². The number of hydrogen-bond acceptors (Lipinski definition) is 3. The quantitative estimate of drug-likeness (QED) is 0.574. The summed E-state index contributed by atoms with van der Waals surface area (Å²) in [5.41, 5.74) is 0. The number of carbonyl (C=O) groups is 1. The van der Waals surface area contributed by atoms with E-state index in [9.17, 15) is 18.0 Å². The molecule has 2 atom stereocenters. The Morgan fingerprint density at radius 1 is 1.47 bits per heavy atom. The molecule has 0 spiro atoms. The van der Waals surface area contributed by atoms with Gasteiger partial charge >= 0.3 is 6.18 Å². The normalized spacial score (nSPS) is 24.6. The minimum absolute atomic E-state index is 0.0716. The van der Waals surface area contributed by atoms with E-state index in [1.54, 1.807) is 4.90 Å². The molecular formula is C11H17ClF3NO3. The van der Waals surface area contributed by atoms with Crippen molar-refractivity contribution >= 4 is 17.5 Å². The molecule has 0 bridgehead atoms. The third-order valence-corrected chi connectivity index (χ3v) is 2.92. The maximum Gasteiger partial charge on any atom is 0.411 e. The van der Waals surface area contributed by atoms with Crippen molar-refractivity contribution in [3.05, 3.63) is 0 Å². The molecule has 0 aromatic heterocycles. The fourth-order valence-electron chi connectivity index (χ4n) is 1.84. The van der Waals surface area contributed by atoms with Gasteiger partial charge in [0.1, 0.15) is 6.61 Å². The molecule has 1 amide bonds. The maximum absolute atomic E-state index is 11.8. The number of morpholine rings is 1. The predicted molar refractivity (Wildman–Crippen MR) is 63.1 cm³/mol. The lowest BCUT2D eigenvalue weighted by Gasteiger charge is -2.36. The molecule has 2 unspecified atom stereocenters. The minimum atomic E-state index is -4.36. The van der Waals surface area contributed by atoms with Crippen LogP contribution < -0.4 is 0 Å². The van der Waals surface area contributed by atoms with Crippen LogP contribution in [-0.2, 0) is 14.3 Å². The highest BCUT2D eigenvalue weighted by Crippen LogP contribution is 2.15. The van der Waals surface area contributed by atoms with Crippen LogP contribution in [-0.4, -0.2) is 61.4 Å². The molecule has 1 saturated heterocycles. The molecule has 1 rings (SSSR count). The van der Waals surface area contributed by atoms with E-state index in [-0.39, 0.29) is 37.0 Å². The van der Waals surface area contributed by atoms with Crippen molar-refractivity contribution in [2.24, 2.45) is 0 Å². The third-order valence-electron chi connectivity index (χ3n) is 2.58. The Bertz CT molecular complexity index is 301. The highest BCUT2D eigenvalue weighted by atomic mass is 35.5. The summed E-state index contributed by atoms with van der Waals surface area (Å²) in [5.74, 6) is 0.0334. The van der Waals surface area contributed by atoms with Crippen LogP contribution in [0, 0.1) is 0 Å². The van der Waals surface area contributed by atoms with E-state index in [0.29, 0.717) is 13.1 Å². The summed E-state index contributed by atoms with van der Waals surface area (Å²) in [6.07, 6.45) is -4.79. The molecule has 4 nitrogen and oxygen atoms in total. The Labute approximate surface area is 114 Å². The second kappa shape index (κ2) is 7.31. The number of alkyl halides is 4. The minimum Gasteiger partial charge on any atom is -0.372 e. The Morgan fingerprint density at radius 3 is 2.74 bits per heavy atom. The van der Waals surface area contributed by atoms with Gasteiger partial charge in [0.2, 0.25) is 5.91 Å². The molecule has 0 saturated carbocycles. The molecular weight excluding hydrogens is 287 g/mol. The van der Waals surface area contributed by atoms with Gasteiger partial charge in [-0.2, -0.15) is 13.2 Å². The summed E-state index contributed by atoms with van der Waals surface area (Å²) in [6, 6.07) is 0. The molecule has 19 heavy (non-hydrogen) atoms. The summed E-state index contributed by atoms with van der Waals surface area (Å²) in [5, 5.41) is 0. The smallest absolute Gasteiger partial charge is 0.372 e. The molecule has 1 aliphatic rings. The highest BCUT2D eigenvalue weighted by molar-refractivity contribution is 6.18. The first-order valence-electron chi connectivity index (χ1n) is 5.95. The van der Waals surface area contributed by atoms with Crippen LogP contribution in [0.3, 0.4) is 0 Å². The lowest BCUT2D eigenvalue weighted by atomic mass is 10.2. The van der Waals surface area contributed by atoms with Crippen molar-refractivity contribution in [2.45, 2.75) is 31.7 Å². The number of hydrogen-bond donors (Lipinski definition) is 0. The van der Waals surface area contributed by atoms with Gasteiger partial charge in [-0.25, -0.2) is 0 Å². The fraction of sp³-hybridized carbons (Fsp3) is 0.909. The number of carbonyl (C=O) groups excluding carboxylic acids is 1. The zero-order chi connectivity index (χ0) is 14.5. The van der Waals surface area contributed by atoms with Crippen LogP contribution in [0.1, 0.15) is 13.3 Å². The monoisotopic (exact) mass is 303 g/mol. The summed E-state index contributed by atoms with van der Waals surface area (Å²) in [6.45, 7) is 1.04. The van der Waals surface area contributed by atoms with Gasteiger partial charge in [-0.3, -0.25) is 4.79 Å². The van der Waals surface area contributed by atoms with E-state index in [2.05, 4.69) is 4.74 Å². The molecule has 0 aromatic rings. The molecule has 112 valence electrons. The third kappa shape index (κ3) is 6.44. The van der Waals surface area contributed by atoms with Crippen LogP contribution in [0.2, 0.25) is 0 Å². The van der Waals surface area contributed by atoms with E-state index < -0.39 is 12.8 Å². The van der Waals surface area contributed by atoms with Gasteiger partial charge in [-0.15, -0.1) is 11.6 Å². The molecule has 0 radical (unpaired) electrons. The Morgan fingerprint density at radius 2 is 2.16 bits per heavy atom. The van der Waals surface area contributed by atoms with Gasteiger partial charge in [0.05, 0.1) is 31.1 Å².